The van der Waals surface area contributed by atoms with Crippen molar-refractivity contribution in [2.75, 3.05) is 18.4 Å². The molecule has 0 radical (unpaired) electrons. The number of likely N-dealkylation sites (tertiary alicyclic amines) is 1. The van der Waals surface area contributed by atoms with Crippen LogP contribution < -0.4 is 5.32 Å². The van der Waals surface area contributed by atoms with Gasteiger partial charge in [0, 0.05) is 5.69 Å². The van der Waals surface area contributed by atoms with Gasteiger partial charge in [0.15, 0.2) is 0 Å². The lowest BCUT2D eigenvalue weighted by Crippen LogP contribution is -2.40. The van der Waals surface area contributed by atoms with E-state index in [2.05, 4.69) is 10.2 Å². The summed E-state index contributed by atoms with van der Waals surface area (Å²) < 4.78 is 12.7. The van der Waals surface area contributed by atoms with E-state index < -0.39 is 0 Å². The van der Waals surface area contributed by atoms with Crippen molar-refractivity contribution in [2.24, 2.45) is 0 Å². The fourth-order valence-electron chi connectivity index (χ4n) is 2.07. The van der Waals surface area contributed by atoms with E-state index in [9.17, 15) is 9.18 Å². The van der Waals surface area contributed by atoms with Crippen LogP contribution in [-0.2, 0) is 4.79 Å². The number of carbonyl (C=O) groups excluding carboxylic acids is 1. The van der Waals surface area contributed by atoms with Gasteiger partial charge in [0.05, 0.1) is 6.04 Å². The molecule has 1 N–H and O–H groups in total. The van der Waals surface area contributed by atoms with Gasteiger partial charge in [-0.3, -0.25) is 9.69 Å². The van der Waals surface area contributed by atoms with Crippen LogP contribution in [0.3, 0.4) is 0 Å². The first-order valence-corrected chi connectivity index (χ1v) is 5.97. The van der Waals surface area contributed by atoms with Crippen molar-refractivity contribution in [3.8, 4) is 0 Å². The Hall–Kier alpha value is -1.42. The van der Waals surface area contributed by atoms with E-state index in [4.69, 9.17) is 0 Å². The standard InChI is InChI=1S/C13H17FN2O/c1-10(16-8-2-3-9-16)13(17)15-12-6-4-11(14)5-7-12/h4-7,10H,2-3,8-9H2,1H3,(H,15,17)/t10-/m0/s1. The lowest BCUT2D eigenvalue weighted by molar-refractivity contribution is -0.120. The molecule has 0 bridgehead atoms. The number of nitrogens with one attached hydrogen (secondary N) is 1. The average Bonchev–Trinajstić information content (AvgIpc) is 2.84. The van der Waals surface area contributed by atoms with E-state index in [0.717, 1.165) is 25.9 Å². The van der Waals surface area contributed by atoms with Gasteiger partial charge >= 0.3 is 0 Å². The van der Waals surface area contributed by atoms with Crippen LogP contribution in [0.1, 0.15) is 19.8 Å². The monoisotopic (exact) mass is 236 g/mol. The number of hydrogen-bond acceptors (Lipinski definition) is 2. The molecule has 0 saturated carbocycles. The maximum absolute atomic E-state index is 12.7. The Bertz CT molecular complexity index is 385. The number of benzene rings is 1. The molecule has 1 fully saturated rings. The molecule has 4 heteroatoms. The number of amides is 1. The second kappa shape index (κ2) is 5.27. The number of halogens is 1. The van der Waals surface area contributed by atoms with Crippen LogP contribution in [0.15, 0.2) is 24.3 Å². The lowest BCUT2D eigenvalue weighted by atomic mass is 10.2. The summed E-state index contributed by atoms with van der Waals surface area (Å²) in [7, 11) is 0. The van der Waals surface area contributed by atoms with Crippen LogP contribution in [0.4, 0.5) is 10.1 Å². The Kier molecular flexibility index (Phi) is 3.74. The fraction of sp³-hybridized carbons (Fsp3) is 0.462. The first-order chi connectivity index (χ1) is 8.16. The topological polar surface area (TPSA) is 32.3 Å². The number of carbonyl (C=O) groups is 1. The molecule has 92 valence electrons. The van der Waals surface area contributed by atoms with Gasteiger partial charge in [0.2, 0.25) is 5.91 Å². The summed E-state index contributed by atoms with van der Waals surface area (Å²) in [5.41, 5.74) is 0.641. The van der Waals surface area contributed by atoms with Crippen LogP contribution in [0.2, 0.25) is 0 Å². The number of rotatable bonds is 3. The molecule has 1 aliphatic heterocycles. The molecule has 0 aliphatic carbocycles. The van der Waals surface area contributed by atoms with E-state index in [1.807, 2.05) is 6.92 Å². The van der Waals surface area contributed by atoms with E-state index in [-0.39, 0.29) is 17.8 Å². The smallest absolute Gasteiger partial charge is 0.241 e. The Morgan fingerprint density at radius 2 is 1.88 bits per heavy atom. The molecule has 1 saturated heterocycles. The summed E-state index contributed by atoms with van der Waals surface area (Å²) in [6, 6.07) is 5.71. The molecule has 17 heavy (non-hydrogen) atoms. The molecule has 2 rings (SSSR count). The van der Waals surface area contributed by atoms with Gasteiger partial charge in [-0.1, -0.05) is 0 Å². The molecule has 1 aromatic rings. The molecule has 1 aliphatic rings. The van der Waals surface area contributed by atoms with E-state index >= 15 is 0 Å². The fourth-order valence-corrected chi connectivity index (χ4v) is 2.07. The average molecular weight is 236 g/mol. The minimum atomic E-state index is -0.296. The Labute approximate surface area is 101 Å². The van der Waals surface area contributed by atoms with Crippen molar-refractivity contribution in [1.29, 1.82) is 0 Å². The third-order valence-electron chi connectivity index (χ3n) is 3.18. The zero-order chi connectivity index (χ0) is 12.3. The van der Waals surface area contributed by atoms with Gasteiger partial charge in [-0.05, 0) is 57.1 Å². The summed E-state index contributed by atoms with van der Waals surface area (Å²) >= 11 is 0. The van der Waals surface area contributed by atoms with Crippen LogP contribution in [-0.4, -0.2) is 29.9 Å². The van der Waals surface area contributed by atoms with Crippen LogP contribution in [0, 0.1) is 5.82 Å². The third kappa shape index (κ3) is 3.03. The molecular formula is C13H17FN2O. The number of nitrogens with zero attached hydrogens (tertiary/aromatic N) is 1. The van der Waals surface area contributed by atoms with Gasteiger partial charge in [-0.2, -0.15) is 0 Å². The number of anilines is 1. The third-order valence-corrected chi connectivity index (χ3v) is 3.18. The highest BCUT2D eigenvalue weighted by Crippen LogP contribution is 2.14. The predicted molar refractivity (Wildman–Crippen MR) is 65.3 cm³/mol. The first kappa shape index (κ1) is 12.0. The number of hydrogen-bond donors (Lipinski definition) is 1. The molecule has 0 unspecified atom stereocenters. The Morgan fingerprint density at radius 3 is 2.47 bits per heavy atom. The van der Waals surface area contributed by atoms with E-state index in [1.54, 1.807) is 12.1 Å². The molecule has 1 aromatic carbocycles. The zero-order valence-corrected chi connectivity index (χ0v) is 9.95. The van der Waals surface area contributed by atoms with Gasteiger partial charge in [0.1, 0.15) is 5.82 Å². The summed E-state index contributed by atoms with van der Waals surface area (Å²) in [4.78, 5) is 14.1. The molecule has 1 heterocycles. The van der Waals surface area contributed by atoms with Gasteiger partial charge < -0.3 is 5.32 Å². The highest BCUT2D eigenvalue weighted by Gasteiger charge is 2.23. The normalized spacial score (nSPS) is 18.0. The summed E-state index contributed by atoms with van der Waals surface area (Å²) in [5, 5.41) is 2.80. The maximum atomic E-state index is 12.7. The van der Waals surface area contributed by atoms with Crippen molar-refractivity contribution >= 4 is 11.6 Å². The van der Waals surface area contributed by atoms with Crippen molar-refractivity contribution in [3.63, 3.8) is 0 Å². The van der Waals surface area contributed by atoms with E-state index in [0.29, 0.717) is 5.69 Å². The SMILES string of the molecule is C[C@@H](C(=O)Nc1ccc(F)cc1)N1CCCC1. The summed E-state index contributed by atoms with van der Waals surface area (Å²) in [6.07, 6.45) is 2.32. The second-order valence-corrected chi connectivity index (χ2v) is 4.42. The molecule has 1 amide bonds. The quantitative estimate of drug-likeness (QED) is 0.873. The lowest BCUT2D eigenvalue weighted by Gasteiger charge is -2.22. The van der Waals surface area contributed by atoms with Crippen LogP contribution in [0.25, 0.3) is 0 Å². The van der Waals surface area contributed by atoms with Crippen molar-refractivity contribution < 1.29 is 9.18 Å². The van der Waals surface area contributed by atoms with Crippen LogP contribution in [0.5, 0.6) is 0 Å². The largest absolute Gasteiger partial charge is 0.325 e. The molecule has 0 aromatic heterocycles. The molecule has 1 atom stereocenters. The predicted octanol–water partition coefficient (Wildman–Crippen LogP) is 2.25. The van der Waals surface area contributed by atoms with Gasteiger partial charge in [0.25, 0.3) is 0 Å². The second-order valence-electron chi connectivity index (χ2n) is 4.42. The Morgan fingerprint density at radius 1 is 1.29 bits per heavy atom. The minimum Gasteiger partial charge on any atom is -0.325 e. The van der Waals surface area contributed by atoms with E-state index in [1.165, 1.54) is 12.1 Å². The minimum absolute atomic E-state index is 0.0292. The summed E-state index contributed by atoms with van der Waals surface area (Å²) in [6.45, 7) is 3.88. The molecule has 3 nitrogen and oxygen atoms in total. The Balaban J connectivity index is 1.93. The highest BCUT2D eigenvalue weighted by atomic mass is 19.1. The van der Waals surface area contributed by atoms with Crippen molar-refractivity contribution in [1.82, 2.24) is 4.90 Å². The van der Waals surface area contributed by atoms with Crippen LogP contribution >= 0.6 is 0 Å². The summed E-state index contributed by atoms with van der Waals surface area (Å²) in [5.74, 6) is -0.325. The highest BCUT2D eigenvalue weighted by molar-refractivity contribution is 5.94. The first-order valence-electron chi connectivity index (χ1n) is 5.97. The molecule has 0 spiro atoms. The van der Waals surface area contributed by atoms with Gasteiger partial charge in [-0.15, -0.1) is 0 Å². The van der Waals surface area contributed by atoms with Gasteiger partial charge in [-0.25, -0.2) is 4.39 Å². The maximum Gasteiger partial charge on any atom is 0.241 e. The van der Waals surface area contributed by atoms with Crippen molar-refractivity contribution in [3.05, 3.63) is 30.1 Å². The zero-order valence-electron chi connectivity index (χ0n) is 9.95. The molecular weight excluding hydrogens is 219 g/mol. The van der Waals surface area contributed by atoms with Crippen molar-refractivity contribution in [2.45, 2.75) is 25.8 Å².